The first-order valence-electron chi connectivity index (χ1n) is 10.5. The van der Waals surface area contributed by atoms with Crippen LogP contribution in [0.15, 0.2) is 59.8 Å². The predicted molar refractivity (Wildman–Crippen MR) is 120 cm³/mol. The van der Waals surface area contributed by atoms with Crippen molar-refractivity contribution >= 4 is 26.7 Å². The molecule has 162 valence electrons. The maximum absolute atomic E-state index is 12.8. The van der Waals surface area contributed by atoms with E-state index in [1.165, 1.54) is 24.7 Å². The minimum atomic E-state index is -3.75. The lowest BCUT2D eigenvalue weighted by molar-refractivity contribution is 0.0668. The van der Waals surface area contributed by atoms with E-state index in [4.69, 9.17) is 4.74 Å². The summed E-state index contributed by atoms with van der Waals surface area (Å²) in [6.45, 7) is 1.60. The minimum Gasteiger partial charge on any atom is -0.493 e. The molecule has 31 heavy (non-hydrogen) atoms. The van der Waals surface area contributed by atoms with Gasteiger partial charge in [-0.05, 0) is 31.0 Å². The maximum atomic E-state index is 12.8. The van der Waals surface area contributed by atoms with Gasteiger partial charge < -0.3 is 4.74 Å². The van der Waals surface area contributed by atoms with Crippen LogP contribution < -0.4 is 9.46 Å². The van der Waals surface area contributed by atoms with Gasteiger partial charge in [0.2, 0.25) is 5.13 Å². The zero-order chi connectivity index (χ0) is 21.3. The van der Waals surface area contributed by atoms with Gasteiger partial charge in [-0.15, -0.1) is 0 Å². The molecule has 0 amide bonds. The summed E-state index contributed by atoms with van der Waals surface area (Å²) >= 11 is 1.00. The Hall–Kier alpha value is -2.49. The van der Waals surface area contributed by atoms with Crippen molar-refractivity contribution in [3.63, 3.8) is 0 Å². The van der Waals surface area contributed by atoms with E-state index in [0.29, 0.717) is 18.4 Å². The Bertz CT molecular complexity index is 1140. The summed E-state index contributed by atoms with van der Waals surface area (Å²) in [7, 11) is -3.75. The van der Waals surface area contributed by atoms with Crippen molar-refractivity contribution in [1.29, 1.82) is 0 Å². The van der Waals surface area contributed by atoms with Gasteiger partial charge in [-0.2, -0.15) is 4.37 Å². The summed E-state index contributed by atoms with van der Waals surface area (Å²) in [5.74, 6) is 0.647. The molecule has 5 rings (SSSR count). The summed E-state index contributed by atoms with van der Waals surface area (Å²) in [6.07, 6.45) is 5.75. The summed E-state index contributed by atoms with van der Waals surface area (Å²) < 4.78 is 37.8. The lowest BCUT2D eigenvalue weighted by Gasteiger charge is -2.43. The molecule has 0 aliphatic carbocycles. The van der Waals surface area contributed by atoms with Crippen molar-refractivity contribution in [1.82, 2.24) is 14.3 Å². The number of hydrogen-bond donors (Lipinski definition) is 1. The van der Waals surface area contributed by atoms with Crippen molar-refractivity contribution in [2.24, 2.45) is 0 Å². The summed E-state index contributed by atoms with van der Waals surface area (Å²) in [6, 6.07) is 16.4. The van der Waals surface area contributed by atoms with Crippen LogP contribution in [0, 0.1) is 0 Å². The van der Waals surface area contributed by atoms with Crippen LogP contribution in [0.2, 0.25) is 0 Å². The van der Waals surface area contributed by atoms with E-state index in [1.54, 1.807) is 12.1 Å². The molecule has 1 fully saturated rings. The largest absolute Gasteiger partial charge is 0.493 e. The lowest BCUT2D eigenvalue weighted by Crippen LogP contribution is -2.38. The Morgan fingerprint density at radius 1 is 1.06 bits per heavy atom. The van der Waals surface area contributed by atoms with Crippen molar-refractivity contribution in [2.45, 2.75) is 42.7 Å². The van der Waals surface area contributed by atoms with Gasteiger partial charge in [-0.1, -0.05) is 42.8 Å². The molecule has 7 nitrogen and oxygen atoms in total. The van der Waals surface area contributed by atoms with Gasteiger partial charge in [-0.3, -0.25) is 9.62 Å². The molecule has 0 radical (unpaired) electrons. The van der Waals surface area contributed by atoms with Gasteiger partial charge in [0.25, 0.3) is 10.0 Å². The number of fused-ring (bicyclic) bond motifs is 1. The van der Waals surface area contributed by atoms with Crippen molar-refractivity contribution in [2.75, 3.05) is 17.9 Å². The number of piperidine rings is 1. The third-order valence-electron chi connectivity index (χ3n) is 6.02. The Kier molecular flexibility index (Phi) is 5.64. The van der Waals surface area contributed by atoms with E-state index >= 15 is 0 Å². The van der Waals surface area contributed by atoms with Crippen LogP contribution in [0.1, 0.15) is 48.9 Å². The Morgan fingerprint density at radius 2 is 1.94 bits per heavy atom. The molecule has 2 aliphatic heterocycles. The molecule has 2 atom stereocenters. The van der Waals surface area contributed by atoms with E-state index in [1.807, 2.05) is 6.07 Å². The maximum Gasteiger partial charge on any atom is 0.263 e. The molecule has 0 unspecified atom stereocenters. The van der Waals surface area contributed by atoms with Gasteiger partial charge in [0.15, 0.2) is 0 Å². The first-order chi connectivity index (χ1) is 15.1. The topological polar surface area (TPSA) is 84.4 Å². The van der Waals surface area contributed by atoms with Crippen LogP contribution in [-0.4, -0.2) is 35.8 Å². The van der Waals surface area contributed by atoms with E-state index < -0.39 is 10.0 Å². The molecule has 0 saturated carbocycles. The molecule has 2 aliphatic rings. The molecule has 3 heterocycles. The number of nitrogens with one attached hydrogen (secondary N) is 1. The fourth-order valence-corrected chi connectivity index (χ4v) is 6.29. The Balaban J connectivity index is 1.45. The quantitative estimate of drug-likeness (QED) is 0.613. The molecule has 3 aromatic rings. The van der Waals surface area contributed by atoms with Crippen LogP contribution >= 0.6 is 11.5 Å². The average molecular weight is 457 g/mol. The Labute approximate surface area is 186 Å². The highest BCUT2D eigenvalue weighted by atomic mass is 32.2. The molecule has 1 saturated heterocycles. The second-order valence-corrected chi connectivity index (χ2v) is 10.3. The SMILES string of the molecule is O=S(=O)(Nc1ncns1)c1ccc2c(c1)OCC[C@H]2N1CCCC[C@H]1c1ccccc1. The summed E-state index contributed by atoms with van der Waals surface area (Å²) in [5, 5.41) is 0.246. The molecule has 9 heteroatoms. The normalized spacial score (nSPS) is 21.8. The summed E-state index contributed by atoms with van der Waals surface area (Å²) in [5.41, 5.74) is 2.40. The molecule has 0 spiro atoms. The average Bonchev–Trinajstić information content (AvgIpc) is 3.31. The van der Waals surface area contributed by atoms with Gasteiger partial charge in [0.1, 0.15) is 12.1 Å². The smallest absolute Gasteiger partial charge is 0.263 e. The summed E-state index contributed by atoms with van der Waals surface area (Å²) in [4.78, 5) is 6.65. The number of anilines is 1. The fraction of sp³-hybridized carbons (Fsp3) is 0.364. The lowest BCUT2D eigenvalue weighted by atomic mass is 9.90. The third kappa shape index (κ3) is 4.17. The number of ether oxygens (including phenoxy) is 1. The van der Waals surface area contributed by atoms with Gasteiger partial charge in [0.05, 0.1) is 11.5 Å². The monoisotopic (exact) mass is 456 g/mol. The number of nitrogens with zero attached hydrogens (tertiary/aromatic N) is 3. The van der Waals surface area contributed by atoms with Gasteiger partial charge in [-0.25, -0.2) is 13.4 Å². The van der Waals surface area contributed by atoms with Crippen LogP contribution in [-0.2, 0) is 10.0 Å². The molecule has 0 bridgehead atoms. The van der Waals surface area contributed by atoms with Crippen molar-refractivity contribution in [3.8, 4) is 5.75 Å². The van der Waals surface area contributed by atoms with Crippen LogP contribution in [0.5, 0.6) is 5.75 Å². The third-order valence-corrected chi connectivity index (χ3v) is 8.06. The second kappa shape index (κ2) is 8.57. The van der Waals surface area contributed by atoms with Crippen LogP contribution in [0.3, 0.4) is 0 Å². The first kappa shape index (κ1) is 20.4. The first-order valence-corrected chi connectivity index (χ1v) is 12.7. The molecule has 1 aromatic heterocycles. The van der Waals surface area contributed by atoms with Gasteiger partial charge >= 0.3 is 0 Å². The van der Waals surface area contributed by atoms with E-state index in [0.717, 1.165) is 36.5 Å². The van der Waals surface area contributed by atoms with Crippen LogP contribution in [0.25, 0.3) is 0 Å². The van der Waals surface area contributed by atoms with E-state index in [2.05, 4.69) is 49.3 Å². The highest BCUT2D eigenvalue weighted by molar-refractivity contribution is 7.93. The molecular weight excluding hydrogens is 432 g/mol. The Morgan fingerprint density at radius 3 is 2.74 bits per heavy atom. The number of benzene rings is 2. The second-order valence-electron chi connectivity index (χ2n) is 7.86. The minimum absolute atomic E-state index is 0.167. The molecular formula is C22H24N4O3S2. The molecule has 1 N–H and O–H groups in total. The number of sulfonamides is 1. The fourth-order valence-electron chi connectivity index (χ4n) is 4.61. The number of hydrogen-bond acceptors (Lipinski definition) is 7. The number of aromatic nitrogens is 2. The zero-order valence-electron chi connectivity index (χ0n) is 17.0. The van der Waals surface area contributed by atoms with Gasteiger partial charge in [0, 0.05) is 41.7 Å². The molecule has 2 aromatic carbocycles. The van der Waals surface area contributed by atoms with E-state index in [-0.39, 0.29) is 16.1 Å². The van der Waals surface area contributed by atoms with Crippen LogP contribution in [0.4, 0.5) is 5.13 Å². The standard InChI is InChI=1S/C22H24N4O3S2/c27-31(28,25-22-23-15-24-30-22)17-9-10-18-20(11-13-29-21(18)14-17)26-12-5-4-8-19(26)16-6-2-1-3-7-16/h1-3,6-7,9-10,14-15,19-20H,4-5,8,11-13H2,(H,23,24,25)/t19-,20+/m0/s1. The number of likely N-dealkylation sites (tertiary alicyclic amines) is 1. The van der Waals surface area contributed by atoms with Crippen molar-refractivity contribution in [3.05, 3.63) is 66.0 Å². The predicted octanol–water partition coefficient (Wildman–Crippen LogP) is 4.39. The highest BCUT2D eigenvalue weighted by Crippen LogP contribution is 2.44. The highest BCUT2D eigenvalue weighted by Gasteiger charge is 2.34. The van der Waals surface area contributed by atoms with Crippen molar-refractivity contribution < 1.29 is 13.2 Å². The van der Waals surface area contributed by atoms with E-state index in [9.17, 15) is 8.42 Å². The number of rotatable bonds is 5. The zero-order valence-corrected chi connectivity index (χ0v) is 18.6.